The number of carbonyl (C=O) groups is 1. The maximum Gasteiger partial charge on any atom is 0.337 e. The first-order chi connectivity index (χ1) is 5.77. The van der Waals surface area contributed by atoms with Crippen LogP contribution in [0.1, 0.15) is 21.6 Å². The number of hydrogen-bond donors (Lipinski definition) is 1. The van der Waals surface area contributed by atoms with Gasteiger partial charge in [0.2, 0.25) is 0 Å². The highest BCUT2D eigenvalue weighted by Gasteiger charge is 2.14. The Morgan fingerprint density at radius 2 is 2.42 bits per heavy atom. The average molecular weight is 165 g/mol. The minimum atomic E-state index is -0.947. The number of aromatic nitrogens is 1. The van der Waals surface area contributed by atoms with Gasteiger partial charge in [0.25, 0.3) is 0 Å². The van der Waals surface area contributed by atoms with E-state index in [0.717, 1.165) is 11.3 Å². The lowest BCUT2D eigenvalue weighted by molar-refractivity contribution is 0.0696. The molecule has 0 bridgehead atoms. The van der Waals surface area contributed by atoms with Crippen LogP contribution in [0.25, 0.3) is 0 Å². The van der Waals surface area contributed by atoms with Crippen molar-refractivity contribution in [3.8, 4) is 0 Å². The monoisotopic (exact) mass is 165 g/mol. The van der Waals surface area contributed by atoms with E-state index in [1.807, 2.05) is 0 Å². The van der Waals surface area contributed by atoms with Crippen molar-refractivity contribution < 1.29 is 14.6 Å². The highest BCUT2D eigenvalue weighted by Crippen LogP contribution is 2.17. The highest BCUT2D eigenvalue weighted by molar-refractivity contribution is 5.87. The van der Waals surface area contributed by atoms with Gasteiger partial charge >= 0.3 is 5.97 Å². The Morgan fingerprint density at radius 1 is 1.58 bits per heavy atom. The number of pyridine rings is 1. The first-order valence-electron chi connectivity index (χ1n) is 3.56. The smallest absolute Gasteiger partial charge is 0.337 e. The van der Waals surface area contributed by atoms with Crippen LogP contribution in [-0.2, 0) is 18.0 Å². The van der Waals surface area contributed by atoms with E-state index < -0.39 is 5.97 Å². The molecule has 1 aliphatic heterocycles. The van der Waals surface area contributed by atoms with Crippen molar-refractivity contribution in [1.29, 1.82) is 0 Å². The molecule has 2 heterocycles. The van der Waals surface area contributed by atoms with Crippen LogP contribution in [0.5, 0.6) is 0 Å². The second kappa shape index (κ2) is 2.57. The summed E-state index contributed by atoms with van der Waals surface area (Å²) in [5.74, 6) is -0.947. The van der Waals surface area contributed by atoms with E-state index >= 15 is 0 Å². The third-order valence-electron chi connectivity index (χ3n) is 1.80. The zero-order valence-electron chi connectivity index (χ0n) is 6.28. The molecule has 0 aliphatic carbocycles. The van der Waals surface area contributed by atoms with Crippen LogP contribution in [0.3, 0.4) is 0 Å². The van der Waals surface area contributed by atoms with Gasteiger partial charge in [-0.15, -0.1) is 0 Å². The molecule has 1 N–H and O–H groups in total. The van der Waals surface area contributed by atoms with Crippen molar-refractivity contribution in [3.63, 3.8) is 0 Å². The van der Waals surface area contributed by atoms with E-state index in [9.17, 15) is 4.79 Å². The molecule has 0 amide bonds. The third-order valence-corrected chi connectivity index (χ3v) is 1.80. The molecule has 4 heteroatoms. The second-order valence-corrected chi connectivity index (χ2v) is 2.63. The summed E-state index contributed by atoms with van der Waals surface area (Å²) in [6, 6.07) is 1.61. The van der Waals surface area contributed by atoms with Crippen molar-refractivity contribution in [2.75, 3.05) is 0 Å². The Morgan fingerprint density at radius 3 is 3.17 bits per heavy atom. The van der Waals surface area contributed by atoms with Gasteiger partial charge in [-0.2, -0.15) is 0 Å². The first kappa shape index (κ1) is 7.24. The lowest BCUT2D eigenvalue weighted by atomic mass is 10.2. The lowest BCUT2D eigenvalue weighted by Gasteiger charge is -1.96. The van der Waals surface area contributed by atoms with E-state index in [2.05, 4.69) is 4.98 Å². The number of hydrogen-bond acceptors (Lipinski definition) is 3. The molecule has 0 spiro atoms. The molecule has 0 fully saturated rings. The van der Waals surface area contributed by atoms with E-state index in [-0.39, 0.29) is 5.56 Å². The van der Waals surface area contributed by atoms with Crippen molar-refractivity contribution in [2.24, 2.45) is 0 Å². The summed E-state index contributed by atoms with van der Waals surface area (Å²) in [4.78, 5) is 14.5. The standard InChI is InChI=1S/C8H7NO3/c10-8(11)5-1-6-3-12-4-7(6)9-2-5/h1-2H,3-4H2,(H,10,11). The normalized spacial score (nSPS) is 14.3. The summed E-state index contributed by atoms with van der Waals surface area (Å²) in [6.07, 6.45) is 1.36. The van der Waals surface area contributed by atoms with Crippen LogP contribution in [0.2, 0.25) is 0 Å². The molecule has 62 valence electrons. The molecule has 0 aromatic carbocycles. The van der Waals surface area contributed by atoms with Gasteiger partial charge in [0.15, 0.2) is 0 Å². The number of nitrogens with zero attached hydrogens (tertiary/aromatic N) is 1. The molecule has 12 heavy (non-hydrogen) atoms. The van der Waals surface area contributed by atoms with Crippen LogP contribution in [0.15, 0.2) is 12.3 Å². The Balaban J connectivity index is 2.45. The van der Waals surface area contributed by atoms with E-state index in [1.54, 1.807) is 6.07 Å². The van der Waals surface area contributed by atoms with Gasteiger partial charge in [-0.25, -0.2) is 4.79 Å². The predicted molar refractivity (Wildman–Crippen MR) is 39.7 cm³/mol. The van der Waals surface area contributed by atoms with Crippen LogP contribution in [0, 0.1) is 0 Å². The zero-order chi connectivity index (χ0) is 8.55. The largest absolute Gasteiger partial charge is 0.478 e. The number of ether oxygens (including phenoxy) is 1. The zero-order valence-corrected chi connectivity index (χ0v) is 6.28. The number of carboxylic acids is 1. The minimum absolute atomic E-state index is 0.222. The predicted octanol–water partition coefficient (Wildman–Crippen LogP) is 0.810. The molecule has 0 unspecified atom stereocenters. The molecule has 1 aromatic rings. The molecule has 1 aromatic heterocycles. The maximum absolute atomic E-state index is 10.5. The van der Waals surface area contributed by atoms with Crippen molar-refractivity contribution in [3.05, 3.63) is 29.1 Å². The quantitative estimate of drug-likeness (QED) is 0.668. The Hall–Kier alpha value is -1.42. The third kappa shape index (κ3) is 1.06. The fraction of sp³-hybridized carbons (Fsp3) is 0.250. The van der Waals surface area contributed by atoms with Gasteiger partial charge in [-0.05, 0) is 6.07 Å². The van der Waals surface area contributed by atoms with E-state index in [1.165, 1.54) is 6.20 Å². The topological polar surface area (TPSA) is 59.4 Å². The van der Waals surface area contributed by atoms with Crippen LogP contribution >= 0.6 is 0 Å². The van der Waals surface area contributed by atoms with Gasteiger partial charge < -0.3 is 9.84 Å². The Bertz CT molecular complexity index is 335. The molecular weight excluding hydrogens is 158 g/mol. The van der Waals surface area contributed by atoms with Crippen LogP contribution in [-0.4, -0.2) is 16.1 Å². The fourth-order valence-corrected chi connectivity index (χ4v) is 1.17. The molecule has 0 saturated heterocycles. The van der Waals surface area contributed by atoms with Crippen LogP contribution in [0.4, 0.5) is 0 Å². The van der Waals surface area contributed by atoms with Gasteiger partial charge in [-0.3, -0.25) is 4.98 Å². The lowest BCUT2D eigenvalue weighted by Crippen LogP contribution is -1.99. The molecule has 0 saturated carbocycles. The summed E-state index contributed by atoms with van der Waals surface area (Å²) >= 11 is 0. The van der Waals surface area contributed by atoms with Crippen molar-refractivity contribution >= 4 is 5.97 Å². The molecule has 4 nitrogen and oxygen atoms in total. The molecule has 0 radical (unpaired) electrons. The van der Waals surface area contributed by atoms with Crippen molar-refractivity contribution in [1.82, 2.24) is 4.98 Å². The number of fused-ring (bicyclic) bond motifs is 1. The van der Waals surface area contributed by atoms with Gasteiger partial charge in [0.05, 0.1) is 24.5 Å². The molecule has 2 rings (SSSR count). The van der Waals surface area contributed by atoms with Gasteiger partial charge in [0.1, 0.15) is 0 Å². The number of carboxylic acid groups (broad SMARTS) is 1. The van der Waals surface area contributed by atoms with Gasteiger partial charge in [0, 0.05) is 11.8 Å². The summed E-state index contributed by atoms with van der Waals surface area (Å²) < 4.78 is 5.09. The summed E-state index contributed by atoms with van der Waals surface area (Å²) in [5.41, 5.74) is 1.95. The highest BCUT2D eigenvalue weighted by atomic mass is 16.5. The van der Waals surface area contributed by atoms with E-state index in [0.29, 0.717) is 13.2 Å². The average Bonchev–Trinajstić information content (AvgIpc) is 2.49. The summed E-state index contributed by atoms with van der Waals surface area (Å²) in [6.45, 7) is 0.971. The second-order valence-electron chi connectivity index (χ2n) is 2.63. The Kier molecular flexibility index (Phi) is 1.55. The van der Waals surface area contributed by atoms with Crippen LogP contribution < -0.4 is 0 Å². The fourth-order valence-electron chi connectivity index (χ4n) is 1.17. The molecule has 0 atom stereocenters. The minimum Gasteiger partial charge on any atom is -0.478 e. The van der Waals surface area contributed by atoms with Crippen molar-refractivity contribution in [2.45, 2.75) is 13.2 Å². The maximum atomic E-state index is 10.5. The summed E-state index contributed by atoms with van der Waals surface area (Å²) in [7, 11) is 0. The van der Waals surface area contributed by atoms with E-state index in [4.69, 9.17) is 9.84 Å². The summed E-state index contributed by atoms with van der Waals surface area (Å²) in [5, 5.41) is 8.64. The number of rotatable bonds is 1. The molecule has 1 aliphatic rings. The first-order valence-corrected chi connectivity index (χ1v) is 3.56. The Labute approximate surface area is 68.8 Å². The SMILES string of the molecule is O=C(O)c1cnc2c(c1)COC2. The molecular formula is C8H7NO3. The van der Waals surface area contributed by atoms with Gasteiger partial charge in [-0.1, -0.05) is 0 Å². The number of aromatic carboxylic acids is 1.